The Balaban J connectivity index is 2.07. The molecule has 6 nitrogen and oxygen atoms in total. The van der Waals surface area contributed by atoms with E-state index in [0.717, 1.165) is 7.05 Å². The topological polar surface area (TPSA) is 74.4 Å². The lowest BCUT2D eigenvalue weighted by Crippen LogP contribution is -2.39. The summed E-state index contributed by atoms with van der Waals surface area (Å²) in [6, 6.07) is 5.38. The Morgan fingerprint density at radius 3 is 2.54 bits per heavy atom. The average Bonchev–Trinajstić information content (AvgIpc) is 3.03. The Bertz CT molecular complexity index is 1030. The van der Waals surface area contributed by atoms with Gasteiger partial charge in [-0.1, -0.05) is 23.7 Å². The minimum absolute atomic E-state index is 0.0938. The van der Waals surface area contributed by atoms with E-state index in [0.29, 0.717) is 4.31 Å². The quantitative estimate of drug-likeness (QED) is 0.717. The van der Waals surface area contributed by atoms with Crippen LogP contribution < -0.4 is 0 Å². The predicted octanol–water partition coefficient (Wildman–Crippen LogP) is 3.94. The second-order valence-electron chi connectivity index (χ2n) is 5.49. The standard InChI is InChI=1S/C15H13ClF3N5OS/c1-23(14(15(17,18)19)10-2-4-11(16)5-3-10)26(20,25)12-6-7-24-13(8-12)21-9-22-24/h2-9,14,20H,1H3/t14-,26-/m1/s1. The second-order valence-corrected chi connectivity index (χ2v) is 8.03. The third-order valence-electron chi connectivity index (χ3n) is 3.84. The highest BCUT2D eigenvalue weighted by atomic mass is 35.5. The molecule has 0 aliphatic rings. The van der Waals surface area contributed by atoms with Gasteiger partial charge in [-0.3, -0.25) is 0 Å². The monoisotopic (exact) mass is 403 g/mol. The van der Waals surface area contributed by atoms with Crippen LogP contribution in [0.1, 0.15) is 11.6 Å². The van der Waals surface area contributed by atoms with Gasteiger partial charge in [-0.15, -0.1) is 0 Å². The average molecular weight is 404 g/mol. The van der Waals surface area contributed by atoms with E-state index in [1.807, 2.05) is 0 Å². The number of aromatic nitrogens is 3. The molecule has 3 rings (SSSR count). The highest BCUT2D eigenvalue weighted by Crippen LogP contribution is 2.40. The summed E-state index contributed by atoms with van der Waals surface area (Å²) in [6.45, 7) is 0. The number of pyridine rings is 1. The first kappa shape index (κ1) is 18.6. The van der Waals surface area contributed by atoms with E-state index in [9.17, 15) is 17.4 Å². The van der Waals surface area contributed by atoms with E-state index in [4.69, 9.17) is 16.4 Å². The molecule has 138 valence electrons. The molecule has 0 bridgehead atoms. The van der Waals surface area contributed by atoms with Crippen LogP contribution in [0.15, 0.2) is 53.8 Å². The fourth-order valence-electron chi connectivity index (χ4n) is 2.53. The van der Waals surface area contributed by atoms with E-state index in [1.54, 1.807) is 0 Å². The third-order valence-corrected chi connectivity index (χ3v) is 6.00. The van der Waals surface area contributed by atoms with Gasteiger partial charge in [-0.05, 0) is 23.8 Å². The zero-order chi connectivity index (χ0) is 19.1. The first-order chi connectivity index (χ1) is 12.1. The van der Waals surface area contributed by atoms with Gasteiger partial charge in [0.05, 0.1) is 4.90 Å². The molecule has 0 saturated carbocycles. The summed E-state index contributed by atoms with van der Waals surface area (Å²) in [6.07, 6.45) is -2.10. The highest BCUT2D eigenvalue weighted by molar-refractivity contribution is 7.90. The van der Waals surface area contributed by atoms with Crippen molar-refractivity contribution in [2.75, 3.05) is 7.05 Å². The Hall–Kier alpha value is -2.17. The molecule has 0 amide bonds. The number of alkyl halides is 3. The Morgan fingerprint density at radius 1 is 1.27 bits per heavy atom. The number of hydrogen-bond donors (Lipinski definition) is 1. The van der Waals surface area contributed by atoms with Crippen molar-refractivity contribution >= 4 is 27.2 Å². The van der Waals surface area contributed by atoms with Gasteiger partial charge in [-0.2, -0.15) is 18.3 Å². The molecule has 1 aromatic carbocycles. The van der Waals surface area contributed by atoms with Gasteiger partial charge in [-0.25, -0.2) is 22.8 Å². The summed E-state index contributed by atoms with van der Waals surface area (Å²) in [7, 11) is -2.94. The lowest BCUT2D eigenvalue weighted by atomic mass is 10.1. The van der Waals surface area contributed by atoms with Gasteiger partial charge < -0.3 is 0 Å². The van der Waals surface area contributed by atoms with E-state index in [1.165, 1.54) is 53.4 Å². The predicted molar refractivity (Wildman–Crippen MR) is 90.1 cm³/mol. The van der Waals surface area contributed by atoms with Crippen LogP contribution in [-0.2, 0) is 9.92 Å². The van der Waals surface area contributed by atoms with E-state index < -0.39 is 22.1 Å². The molecule has 2 heterocycles. The van der Waals surface area contributed by atoms with Crippen LogP contribution in [-0.4, -0.2) is 36.3 Å². The van der Waals surface area contributed by atoms with Crippen molar-refractivity contribution in [3.63, 3.8) is 0 Å². The van der Waals surface area contributed by atoms with Crippen LogP contribution >= 0.6 is 11.6 Å². The minimum atomic E-state index is -4.74. The van der Waals surface area contributed by atoms with Crippen LogP contribution in [0.3, 0.4) is 0 Å². The number of rotatable bonds is 4. The van der Waals surface area contributed by atoms with Crippen molar-refractivity contribution in [1.29, 1.82) is 4.78 Å². The lowest BCUT2D eigenvalue weighted by molar-refractivity contribution is -0.170. The molecular formula is C15H13ClF3N5OS. The lowest BCUT2D eigenvalue weighted by Gasteiger charge is -2.31. The van der Waals surface area contributed by atoms with Crippen LogP contribution in [0.2, 0.25) is 5.02 Å². The fourth-order valence-corrected chi connectivity index (χ4v) is 4.04. The summed E-state index contributed by atoms with van der Waals surface area (Å²) < 4.78 is 64.1. The Labute approximate surface area is 152 Å². The summed E-state index contributed by atoms with van der Waals surface area (Å²) in [5, 5.41) is 4.14. The smallest absolute Gasteiger partial charge is 0.236 e. The van der Waals surface area contributed by atoms with Gasteiger partial charge in [0.25, 0.3) is 0 Å². The number of fused-ring (bicyclic) bond motifs is 1. The zero-order valence-corrected chi connectivity index (χ0v) is 14.9. The van der Waals surface area contributed by atoms with Crippen molar-refractivity contribution < 1.29 is 17.4 Å². The summed E-state index contributed by atoms with van der Waals surface area (Å²) in [4.78, 5) is 3.81. The first-order valence-electron chi connectivity index (χ1n) is 7.24. The zero-order valence-electron chi connectivity index (χ0n) is 13.3. The molecule has 2 aromatic heterocycles. The van der Waals surface area contributed by atoms with Crippen LogP contribution in [0.5, 0.6) is 0 Å². The van der Waals surface area contributed by atoms with Crippen molar-refractivity contribution in [2.45, 2.75) is 17.1 Å². The largest absolute Gasteiger partial charge is 0.409 e. The van der Waals surface area contributed by atoms with Gasteiger partial charge in [0.2, 0.25) is 0 Å². The molecular weight excluding hydrogens is 391 g/mol. The third kappa shape index (κ3) is 3.39. The highest BCUT2D eigenvalue weighted by Gasteiger charge is 2.46. The fraction of sp³-hybridized carbons (Fsp3) is 0.200. The molecule has 0 saturated heterocycles. The van der Waals surface area contributed by atoms with Crippen molar-refractivity contribution in [3.8, 4) is 0 Å². The molecule has 3 aromatic rings. The number of nitrogens with zero attached hydrogens (tertiary/aromatic N) is 4. The minimum Gasteiger partial charge on any atom is -0.236 e. The van der Waals surface area contributed by atoms with Gasteiger partial charge in [0, 0.05) is 24.3 Å². The molecule has 0 radical (unpaired) electrons. The number of hydrogen-bond acceptors (Lipinski definition) is 4. The van der Waals surface area contributed by atoms with E-state index in [-0.39, 0.29) is 21.1 Å². The van der Waals surface area contributed by atoms with Gasteiger partial charge in [0.15, 0.2) is 5.65 Å². The van der Waals surface area contributed by atoms with Gasteiger partial charge >= 0.3 is 6.18 Å². The Kier molecular flexibility index (Phi) is 4.67. The maximum atomic E-state index is 13.7. The summed E-state index contributed by atoms with van der Waals surface area (Å²) >= 11 is 5.74. The summed E-state index contributed by atoms with van der Waals surface area (Å²) in [5.74, 6) is 0. The summed E-state index contributed by atoms with van der Waals surface area (Å²) in [5.41, 5.74) is 0.124. The molecule has 0 aliphatic carbocycles. The van der Waals surface area contributed by atoms with Crippen molar-refractivity contribution in [3.05, 3.63) is 59.5 Å². The molecule has 11 heteroatoms. The van der Waals surface area contributed by atoms with Crippen molar-refractivity contribution in [1.82, 2.24) is 18.9 Å². The maximum absolute atomic E-state index is 13.7. The number of nitrogens with one attached hydrogen (secondary N) is 1. The maximum Gasteiger partial charge on any atom is 0.409 e. The van der Waals surface area contributed by atoms with E-state index >= 15 is 0 Å². The second kappa shape index (κ2) is 6.53. The van der Waals surface area contributed by atoms with Crippen LogP contribution in [0.4, 0.5) is 13.2 Å². The number of benzene rings is 1. The molecule has 0 spiro atoms. The first-order valence-corrected chi connectivity index (χ1v) is 9.13. The van der Waals surface area contributed by atoms with Crippen molar-refractivity contribution in [2.24, 2.45) is 0 Å². The Morgan fingerprint density at radius 2 is 1.92 bits per heavy atom. The molecule has 1 N–H and O–H groups in total. The molecule has 0 fully saturated rings. The molecule has 26 heavy (non-hydrogen) atoms. The normalized spacial score (nSPS) is 15.9. The molecule has 0 unspecified atom stereocenters. The van der Waals surface area contributed by atoms with Gasteiger partial charge in [0.1, 0.15) is 22.3 Å². The SMILES string of the molecule is CN([C@H](c1ccc(Cl)cc1)C(F)(F)F)[S@@](=N)(=O)c1ccn2ncnc2c1. The molecule has 2 atom stereocenters. The van der Waals surface area contributed by atoms with E-state index in [2.05, 4.69) is 10.1 Å². The molecule has 0 aliphatic heterocycles. The van der Waals surface area contributed by atoms with Crippen LogP contribution in [0, 0.1) is 4.78 Å². The number of halogens is 4. The van der Waals surface area contributed by atoms with Crippen LogP contribution in [0.25, 0.3) is 5.65 Å².